The minimum atomic E-state index is -4.31. The van der Waals surface area contributed by atoms with Crippen LogP contribution < -0.4 is 10.6 Å². The van der Waals surface area contributed by atoms with E-state index in [0.717, 1.165) is 0 Å². The highest BCUT2D eigenvalue weighted by Gasteiger charge is 2.51. The van der Waals surface area contributed by atoms with Gasteiger partial charge < -0.3 is 15.2 Å². The van der Waals surface area contributed by atoms with Gasteiger partial charge in [0.25, 0.3) is 0 Å². The lowest BCUT2D eigenvalue weighted by Crippen LogP contribution is -2.53. The fourth-order valence-electron chi connectivity index (χ4n) is 2.51. The first-order valence-corrected chi connectivity index (χ1v) is 5.79. The van der Waals surface area contributed by atoms with E-state index in [0.29, 0.717) is 25.7 Å². The Bertz CT molecular complexity index is 327. The highest BCUT2D eigenvalue weighted by molar-refractivity contribution is 5.64. The fourth-order valence-corrected chi connectivity index (χ4v) is 2.51. The fraction of sp³-hybridized carbons (Fsp3) is 0.900. The number of alkyl halides is 3. The van der Waals surface area contributed by atoms with E-state index < -0.39 is 24.0 Å². The maximum absolute atomic E-state index is 12.5. The van der Waals surface area contributed by atoms with Gasteiger partial charge in [-0.3, -0.25) is 5.32 Å². The molecule has 1 spiro atoms. The number of rotatable bonds is 1. The molecule has 2 fully saturated rings. The molecule has 2 rings (SSSR count). The summed E-state index contributed by atoms with van der Waals surface area (Å²) in [5.74, 6) is 0. The molecule has 1 atom stereocenters. The molecule has 0 aromatic rings. The molecule has 2 aliphatic rings. The SMILES string of the molecule is O=C(O)NC1CCC2(CC1)N[C@@H](C(F)(F)F)CO2. The molecule has 1 amide bonds. The summed E-state index contributed by atoms with van der Waals surface area (Å²) >= 11 is 0. The predicted octanol–water partition coefficient (Wildman–Crippen LogP) is 1.44. The first kappa shape index (κ1) is 13.4. The van der Waals surface area contributed by atoms with E-state index in [1.807, 2.05) is 0 Å². The zero-order valence-electron chi connectivity index (χ0n) is 9.59. The molecule has 1 aliphatic heterocycles. The molecular weight excluding hydrogens is 253 g/mol. The van der Waals surface area contributed by atoms with Crippen LogP contribution in [0.25, 0.3) is 0 Å². The normalized spacial score (nSPS) is 36.8. The van der Waals surface area contributed by atoms with Crippen LogP contribution in [0.15, 0.2) is 0 Å². The minimum Gasteiger partial charge on any atom is -0.465 e. The van der Waals surface area contributed by atoms with Crippen molar-refractivity contribution in [3.63, 3.8) is 0 Å². The van der Waals surface area contributed by atoms with Gasteiger partial charge in [0.1, 0.15) is 11.8 Å². The first-order chi connectivity index (χ1) is 8.31. The number of ether oxygens (including phenoxy) is 1. The summed E-state index contributed by atoms with van der Waals surface area (Å²) in [6, 6.07) is -1.83. The Kier molecular flexibility index (Phi) is 3.41. The molecule has 0 aromatic heterocycles. The van der Waals surface area contributed by atoms with Crippen molar-refractivity contribution in [1.82, 2.24) is 10.6 Å². The van der Waals surface area contributed by atoms with E-state index in [9.17, 15) is 18.0 Å². The second-order valence-electron chi connectivity index (χ2n) is 4.77. The van der Waals surface area contributed by atoms with Crippen LogP contribution >= 0.6 is 0 Å². The third kappa shape index (κ3) is 2.86. The van der Waals surface area contributed by atoms with Gasteiger partial charge >= 0.3 is 12.3 Å². The lowest BCUT2D eigenvalue weighted by Gasteiger charge is -2.36. The van der Waals surface area contributed by atoms with Gasteiger partial charge in [0, 0.05) is 6.04 Å². The standard InChI is InChI=1S/C10H15F3N2O3/c11-10(12,13)7-5-18-9(15-7)3-1-6(2-4-9)14-8(16)17/h6-7,14-15H,1-5H2,(H,16,17)/t6?,7-,9?/m1/s1. The summed E-state index contributed by atoms with van der Waals surface area (Å²) in [6.07, 6.45) is -3.70. The smallest absolute Gasteiger partial charge is 0.406 e. The van der Waals surface area contributed by atoms with Crippen molar-refractivity contribution in [2.75, 3.05) is 6.61 Å². The van der Waals surface area contributed by atoms with Crippen LogP contribution in [-0.2, 0) is 4.74 Å². The summed E-state index contributed by atoms with van der Waals surface area (Å²) < 4.78 is 42.8. The molecular formula is C10H15F3N2O3. The summed E-state index contributed by atoms with van der Waals surface area (Å²) in [5, 5.41) is 13.4. The second-order valence-corrected chi connectivity index (χ2v) is 4.77. The van der Waals surface area contributed by atoms with Gasteiger partial charge in [-0.15, -0.1) is 0 Å². The number of amides is 1. The van der Waals surface area contributed by atoms with Crippen LogP contribution in [0.1, 0.15) is 25.7 Å². The molecule has 1 saturated carbocycles. The molecule has 0 bridgehead atoms. The van der Waals surface area contributed by atoms with Gasteiger partial charge in [0.05, 0.1) is 6.61 Å². The summed E-state index contributed by atoms with van der Waals surface area (Å²) in [4.78, 5) is 10.5. The van der Waals surface area contributed by atoms with Crippen LogP contribution in [-0.4, -0.2) is 41.8 Å². The topological polar surface area (TPSA) is 70.6 Å². The zero-order chi connectivity index (χ0) is 13.4. The quantitative estimate of drug-likeness (QED) is 0.673. The van der Waals surface area contributed by atoms with Crippen molar-refractivity contribution in [2.45, 2.75) is 49.7 Å². The van der Waals surface area contributed by atoms with Crippen LogP contribution in [0.4, 0.5) is 18.0 Å². The van der Waals surface area contributed by atoms with Crippen LogP contribution in [0, 0.1) is 0 Å². The maximum Gasteiger partial charge on any atom is 0.406 e. The number of carbonyl (C=O) groups is 1. The van der Waals surface area contributed by atoms with Crippen LogP contribution in [0.5, 0.6) is 0 Å². The Hall–Kier alpha value is -1.02. The Balaban J connectivity index is 1.88. The third-order valence-corrected chi connectivity index (χ3v) is 3.48. The number of halogens is 3. The van der Waals surface area contributed by atoms with Gasteiger partial charge in [-0.25, -0.2) is 4.79 Å². The first-order valence-electron chi connectivity index (χ1n) is 5.79. The Labute approximate surface area is 102 Å². The molecule has 1 aliphatic carbocycles. The van der Waals surface area contributed by atoms with Crippen molar-refractivity contribution in [3.8, 4) is 0 Å². The van der Waals surface area contributed by atoms with Crippen molar-refractivity contribution in [2.24, 2.45) is 0 Å². The molecule has 1 heterocycles. The van der Waals surface area contributed by atoms with Gasteiger partial charge in [-0.05, 0) is 25.7 Å². The maximum atomic E-state index is 12.5. The lowest BCUT2D eigenvalue weighted by atomic mass is 9.88. The Morgan fingerprint density at radius 1 is 1.39 bits per heavy atom. The van der Waals surface area contributed by atoms with E-state index in [2.05, 4.69) is 10.6 Å². The van der Waals surface area contributed by atoms with E-state index >= 15 is 0 Å². The summed E-state index contributed by atoms with van der Waals surface area (Å²) in [6.45, 7) is -0.374. The Morgan fingerprint density at radius 3 is 2.44 bits per heavy atom. The lowest BCUT2D eigenvalue weighted by molar-refractivity contribution is -0.152. The average molecular weight is 268 g/mol. The van der Waals surface area contributed by atoms with Crippen LogP contribution in [0.2, 0.25) is 0 Å². The molecule has 3 N–H and O–H groups in total. The second kappa shape index (κ2) is 4.58. The van der Waals surface area contributed by atoms with Crippen molar-refractivity contribution in [1.29, 1.82) is 0 Å². The molecule has 5 nitrogen and oxygen atoms in total. The average Bonchev–Trinajstić information content (AvgIpc) is 2.66. The molecule has 8 heteroatoms. The molecule has 18 heavy (non-hydrogen) atoms. The van der Waals surface area contributed by atoms with Crippen LogP contribution in [0.3, 0.4) is 0 Å². The highest BCUT2D eigenvalue weighted by atomic mass is 19.4. The van der Waals surface area contributed by atoms with E-state index in [1.165, 1.54) is 0 Å². The monoisotopic (exact) mass is 268 g/mol. The van der Waals surface area contributed by atoms with Crippen molar-refractivity contribution in [3.05, 3.63) is 0 Å². The van der Waals surface area contributed by atoms with Gasteiger partial charge in [0.2, 0.25) is 0 Å². The zero-order valence-corrected chi connectivity index (χ0v) is 9.59. The largest absolute Gasteiger partial charge is 0.465 e. The number of carboxylic acid groups (broad SMARTS) is 1. The number of hydrogen-bond donors (Lipinski definition) is 3. The Morgan fingerprint density at radius 2 is 2.00 bits per heavy atom. The van der Waals surface area contributed by atoms with E-state index in [1.54, 1.807) is 0 Å². The predicted molar refractivity (Wildman–Crippen MR) is 55.1 cm³/mol. The van der Waals surface area contributed by atoms with E-state index in [4.69, 9.17) is 9.84 Å². The van der Waals surface area contributed by atoms with Crippen molar-refractivity contribution < 1.29 is 27.8 Å². The third-order valence-electron chi connectivity index (χ3n) is 3.48. The molecule has 0 aromatic carbocycles. The van der Waals surface area contributed by atoms with Gasteiger partial charge in [-0.2, -0.15) is 13.2 Å². The highest BCUT2D eigenvalue weighted by Crippen LogP contribution is 2.37. The number of nitrogens with one attached hydrogen (secondary N) is 2. The van der Waals surface area contributed by atoms with Crippen molar-refractivity contribution >= 4 is 6.09 Å². The summed E-state index contributed by atoms with van der Waals surface area (Å²) in [7, 11) is 0. The van der Waals surface area contributed by atoms with E-state index in [-0.39, 0.29) is 12.6 Å². The molecule has 104 valence electrons. The minimum absolute atomic E-state index is 0.205. The number of hydrogen-bond acceptors (Lipinski definition) is 3. The summed E-state index contributed by atoms with van der Waals surface area (Å²) in [5.41, 5.74) is -0.934. The molecule has 0 unspecified atom stereocenters. The molecule has 1 saturated heterocycles. The molecule has 0 radical (unpaired) electrons. The van der Waals surface area contributed by atoms with Gasteiger partial charge in [-0.1, -0.05) is 0 Å². The van der Waals surface area contributed by atoms with Gasteiger partial charge in [0.15, 0.2) is 0 Å².